The van der Waals surface area contributed by atoms with E-state index in [2.05, 4.69) is 5.32 Å². The number of allylic oxidation sites excluding steroid dienone is 2. The number of para-hydroxylation sites is 2. The average Bonchev–Trinajstić information content (AvgIpc) is 2.97. The number of esters is 1. The molecule has 3 rings (SSSR count). The summed E-state index contributed by atoms with van der Waals surface area (Å²) in [5.41, 5.74) is -0.300. The third-order valence-electron chi connectivity index (χ3n) is 5.17. The molecule has 0 radical (unpaired) electrons. The van der Waals surface area contributed by atoms with Crippen LogP contribution in [0.2, 0.25) is 0 Å². The van der Waals surface area contributed by atoms with Crippen LogP contribution in [0, 0.1) is 22.0 Å². The molecule has 0 unspecified atom stereocenters. The van der Waals surface area contributed by atoms with E-state index >= 15 is 0 Å². The van der Waals surface area contributed by atoms with Crippen LogP contribution in [-0.4, -0.2) is 46.2 Å². The zero-order chi connectivity index (χ0) is 21.8. The lowest BCUT2D eigenvalue weighted by molar-refractivity contribution is -0.383. The smallest absolute Gasteiger partial charge is 0.308 e. The maximum Gasteiger partial charge on any atom is 0.308 e. The van der Waals surface area contributed by atoms with Crippen molar-refractivity contribution in [3.63, 3.8) is 0 Å². The number of carbonyl (C=O) groups is 4. The molecule has 10 nitrogen and oxygen atoms in total. The molecule has 0 bridgehead atoms. The van der Waals surface area contributed by atoms with Crippen LogP contribution >= 0.6 is 0 Å². The summed E-state index contributed by atoms with van der Waals surface area (Å²) in [6.45, 7) is 1.22. The molecule has 3 amide bonds. The van der Waals surface area contributed by atoms with Gasteiger partial charge in [-0.3, -0.25) is 34.2 Å². The second-order valence-electron chi connectivity index (χ2n) is 7.13. The van der Waals surface area contributed by atoms with Gasteiger partial charge in [-0.1, -0.05) is 24.3 Å². The number of amides is 3. The molecular weight excluding hydrogens is 394 g/mol. The van der Waals surface area contributed by atoms with Crippen molar-refractivity contribution in [3.8, 4) is 0 Å². The van der Waals surface area contributed by atoms with Crippen molar-refractivity contribution in [3.05, 3.63) is 46.5 Å². The van der Waals surface area contributed by atoms with Crippen LogP contribution in [0.3, 0.4) is 0 Å². The summed E-state index contributed by atoms with van der Waals surface area (Å²) < 4.78 is 5.05. The highest BCUT2D eigenvalue weighted by molar-refractivity contribution is 6.05. The molecule has 10 heteroatoms. The van der Waals surface area contributed by atoms with Gasteiger partial charge in [0, 0.05) is 12.6 Å². The molecule has 0 aromatic heterocycles. The highest BCUT2D eigenvalue weighted by atomic mass is 16.6. The van der Waals surface area contributed by atoms with Crippen molar-refractivity contribution in [2.24, 2.45) is 11.8 Å². The number of imide groups is 1. The molecule has 158 valence electrons. The predicted octanol–water partition coefficient (Wildman–Crippen LogP) is 1.81. The predicted molar refractivity (Wildman–Crippen MR) is 104 cm³/mol. The van der Waals surface area contributed by atoms with E-state index in [1.807, 2.05) is 12.2 Å². The van der Waals surface area contributed by atoms with Crippen molar-refractivity contribution in [1.82, 2.24) is 4.90 Å². The molecule has 2 aliphatic rings. The van der Waals surface area contributed by atoms with Gasteiger partial charge in [0.1, 0.15) is 5.69 Å². The molecule has 3 atom stereocenters. The Morgan fingerprint density at radius 2 is 1.80 bits per heavy atom. The minimum atomic E-state index is -1.21. The van der Waals surface area contributed by atoms with Crippen molar-refractivity contribution in [2.45, 2.75) is 32.3 Å². The van der Waals surface area contributed by atoms with Gasteiger partial charge in [-0.25, -0.2) is 0 Å². The number of nitrogens with zero attached hydrogens (tertiary/aromatic N) is 2. The zero-order valence-electron chi connectivity index (χ0n) is 16.3. The molecule has 0 saturated carbocycles. The number of nitrogens with one attached hydrogen (secondary N) is 1. The summed E-state index contributed by atoms with van der Waals surface area (Å²) >= 11 is 0. The molecular formula is C20H21N3O7. The monoisotopic (exact) mass is 415 g/mol. The number of nitro benzene ring substituents is 1. The van der Waals surface area contributed by atoms with Crippen LogP contribution in [0.1, 0.15) is 26.2 Å². The second kappa shape index (κ2) is 8.85. The largest absolute Gasteiger partial charge is 0.452 e. The van der Waals surface area contributed by atoms with E-state index < -0.39 is 22.9 Å². The fourth-order valence-electron chi connectivity index (χ4n) is 3.57. The summed E-state index contributed by atoms with van der Waals surface area (Å²) in [6, 6.07) is 5.59. The number of likely N-dealkylation sites (tertiary alicyclic amines) is 1. The number of benzene rings is 1. The Kier molecular flexibility index (Phi) is 6.24. The lowest BCUT2D eigenvalue weighted by Crippen LogP contribution is -2.35. The number of hydrogen-bond donors (Lipinski definition) is 1. The third kappa shape index (κ3) is 4.37. The quantitative estimate of drug-likeness (QED) is 0.236. The summed E-state index contributed by atoms with van der Waals surface area (Å²) in [5.74, 6) is -2.81. The molecule has 30 heavy (non-hydrogen) atoms. The first-order valence-electron chi connectivity index (χ1n) is 9.53. The van der Waals surface area contributed by atoms with Gasteiger partial charge >= 0.3 is 5.97 Å². The summed E-state index contributed by atoms with van der Waals surface area (Å²) in [7, 11) is 0. The topological polar surface area (TPSA) is 136 Å². The maximum absolute atomic E-state index is 12.4. The number of ether oxygens (including phenoxy) is 1. The van der Waals surface area contributed by atoms with Crippen LogP contribution in [0.25, 0.3) is 0 Å². The molecule has 1 fully saturated rings. The van der Waals surface area contributed by atoms with Gasteiger partial charge in [0.15, 0.2) is 6.10 Å². The molecule has 0 spiro atoms. The van der Waals surface area contributed by atoms with Gasteiger partial charge in [0.25, 0.3) is 11.6 Å². The Morgan fingerprint density at radius 1 is 1.20 bits per heavy atom. The molecule has 1 aromatic carbocycles. The zero-order valence-corrected chi connectivity index (χ0v) is 16.3. The van der Waals surface area contributed by atoms with E-state index in [1.54, 1.807) is 0 Å². The van der Waals surface area contributed by atoms with Gasteiger partial charge in [-0.2, -0.15) is 0 Å². The standard InChI is InChI=1S/C20H21N3O7/c1-12(18(25)21-15-8-4-5-9-16(15)23(28)29)30-17(24)10-11-22-19(26)13-6-2-3-7-14(13)20(22)27/h2-5,8-9,12-14H,6-7,10-11H2,1H3,(H,21,25)/t12-,13-,14+/m0/s1. The lowest BCUT2D eigenvalue weighted by atomic mass is 9.85. The van der Waals surface area contributed by atoms with Crippen LogP contribution in [0.5, 0.6) is 0 Å². The van der Waals surface area contributed by atoms with E-state index in [0.717, 1.165) is 4.90 Å². The van der Waals surface area contributed by atoms with E-state index in [-0.39, 0.29) is 48.0 Å². The fraction of sp³-hybridized carbons (Fsp3) is 0.400. The Morgan fingerprint density at radius 3 is 2.40 bits per heavy atom. The minimum Gasteiger partial charge on any atom is -0.452 e. The first-order valence-corrected chi connectivity index (χ1v) is 9.53. The molecule has 1 aliphatic carbocycles. The third-order valence-corrected chi connectivity index (χ3v) is 5.17. The number of rotatable bonds is 7. The summed E-state index contributed by atoms with van der Waals surface area (Å²) in [4.78, 5) is 60.5. The molecule has 1 aliphatic heterocycles. The number of fused-ring (bicyclic) bond motifs is 1. The van der Waals surface area contributed by atoms with Crippen LogP contribution < -0.4 is 5.32 Å². The van der Waals surface area contributed by atoms with Crippen molar-refractivity contribution in [2.75, 3.05) is 11.9 Å². The number of carbonyl (C=O) groups excluding carboxylic acids is 4. The molecule has 1 N–H and O–H groups in total. The number of anilines is 1. The van der Waals surface area contributed by atoms with E-state index in [4.69, 9.17) is 4.74 Å². The number of nitro groups is 1. The lowest BCUT2D eigenvalue weighted by Gasteiger charge is -2.16. The van der Waals surface area contributed by atoms with Crippen molar-refractivity contribution in [1.29, 1.82) is 0 Å². The number of hydrogen-bond acceptors (Lipinski definition) is 7. The Hall–Kier alpha value is -3.56. The molecule has 1 saturated heterocycles. The second-order valence-corrected chi connectivity index (χ2v) is 7.13. The first-order chi connectivity index (χ1) is 14.3. The minimum absolute atomic E-state index is 0.0140. The first kappa shape index (κ1) is 21.2. The van der Waals surface area contributed by atoms with Gasteiger partial charge in [-0.15, -0.1) is 0 Å². The van der Waals surface area contributed by atoms with Crippen molar-refractivity contribution < 1.29 is 28.8 Å². The van der Waals surface area contributed by atoms with Gasteiger partial charge in [0.2, 0.25) is 11.8 Å². The Balaban J connectivity index is 1.51. The normalized spacial score (nSPS) is 21.2. The molecule has 1 heterocycles. The maximum atomic E-state index is 12.4. The summed E-state index contributed by atoms with van der Waals surface area (Å²) in [6.07, 6.45) is 3.32. The van der Waals surface area contributed by atoms with Crippen LogP contribution in [0.15, 0.2) is 36.4 Å². The van der Waals surface area contributed by atoms with Crippen LogP contribution in [0.4, 0.5) is 11.4 Å². The Labute approximate surface area is 172 Å². The van der Waals surface area contributed by atoms with Gasteiger partial charge < -0.3 is 10.1 Å². The van der Waals surface area contributed by atoms with E-state index in [0.29, 0.717) is 12.8 Å². The highest BCUT2D eigenvalue weighted by Crippen LogP contribution is 2.35. The average molecular weight is 415 g/mol. The fourth-order valence-corrected chi connectivity index (χ4v) is 3.57. The van der Waals surface area contributed by atoms with E-state index in [9.17, 15) is 29.3 Å². The van der Waals surface area contributed by atoms with Gasteiger partial charge in [-0.05, 0) is 25.8 Å². The van der Waals surface area contributed by atoms with Crippen molar-refractivity contribution >= 4 is 35.1 Å². The van der Waals surface area contributed by atoms with Crippen LogP contribution in [-0.2, 0) is 23.9 Å². The highest BCUT2D eigenvalue weighted by Gasteiger charge is 2.47. The molecule has 1 aromatic rings. The van der Waals surface area contributed by atoms with E-state index in [1.165, 1.54) is 31.2 Å². The Bertz CT molecular complexity index is 901. The SMILES string of the molecule is C[C@H](OC(=O)CCN1C(=O)[C@H]2CC=CC[C@H]2C1=O)C(=O)Nc1ccccc1[N+](=O)[O-]. The summed E-state index contributed by atoms with van der Waals surface area (Å²) in [5, 5.41) is 13.4. The van der Waals surface area contributed by atoms with Gasteiger partial charge in [0.05, 0.1) is 23.2 Å².